The minimum atomic E-state index is -1.39. The fraction of sp³-hybridized carbons (Fsp3) is 0.250. The molecule has 1 heterocycles. The topological polar surface area (TPSA) is 117 Å². The van der Waals surface area contributed by atoms with E-state index in [1.54, 1.807) is 0 Å². The van der Waals surface area contributed by atoms with Crippen LogP contribution in [0.15, 0.2) is 12.1 Å². The van der Waals surface area contributed by atoms with Crippen molar-refractivity contribution in [3.63, 3.8) is 0 Å². The maximum atomic E-state index is 10.5. The smallest absolute Gasteiger partial charge is 0.326 e. The molecule has 6 heteroatoms. The number of aliphatic hydroxyl groups is 1. The van der Waals surface area contributed by atoms with Crippen molar-refractivity contribution in [2.24, 2.45) is 5.73 Å². The van der Waals surface area contributed by atoms with Gasteiger partial charge in [-0.25, -0.2) is 4.98 Å². The van der Waals surface area contributed by atoms with Crippen LogP contribution in [0, 0.1) is 0 Å². The molecule has 0 spiro atoms. The first-order chi connectivity index (χ1) is 6.56. The van der Waals surface area contributed by atoms with Crippen molar-refractivity contribution >= 4 is 5.97 Å². The van der Waals surface area contributed by atoms with Gasteiger partial charge in [-0.3, -0.25) is 4.79 Å². The second kappa shape index (κ2) is 4.03. The van der Waals surface area contributed by atoms with Crippen LogP contribution in [-0.4, -0.2) is 26.3 Å². The summed E-state index contributed by atoms with van der Waals surface area (Å²) in [4.78, 5) is 14.2. The van der Waals surface area contributed by atoms with Gasteiger partial charge in [-0.15, -0.1) is 0 Å². The Kier molecular flexibility index (Phi) is 3.00. The molecule has 0 fully saturated rings. The van der Waals surface area contributed by atoms with Crippen LogP contribution in [0.3, 0.4) is 0 Å². The maximum Gasteiger partial charge on any atom is 0.326 e. The Balaban J connectivity index is 3.11. The fourth-order valence-corrected chi connectivity index (χ4v) is 0.944. The quantitative estimate of drug-likeness (QED) is 0.513. The Labute approximate surface area is 79.6 Å². The van der Waals surface area contributed by atoms with Crippen LogP contribution in [0.4, 0.5) is 0 Å². The number of nitrogens with zero attached hydrogens (tertiary/aromatic N) is 1. The minimum Gasteiger partial charge on any atom is -0.506 e. The molecule has 0 bridgehead atoms. The van der Waals surface area contributed by atoms with Crippen LogP contribution in [0.25, 0.3) is 0 Å². The molecule has 0 unspecified atom stereocenters. The Bertz CT molecular complexity index is 353. The number of pyridine rings is 1. The van der Waals surface area contributed by atoms with E-state index in [4.69, 9.17) is 15.9 Å². The molecule has 6 nitrogen and oxygen atoms in total. The number of aliphatic carboxylic acids is 1. The van der Waals surface area contributed by atoms with Crippen LogP contribution >= 0.6 is 0 Å². The molecular formula is C8H10N2O4. The van der Waals surface area contributed by atoms with Crippen molar-refractivity contribution in [2.75, 3.05) is 0 Å². The van der Waals surface area contributed by atoms with Crippen molar-refractivity contribution in [1.29, 1.82) is 0 Å². The summed E-state index contributed by atoms with van der Waals surface area (Å²) in [5.41, 5.74) is 5.37. The summed E-state index contributed by atoms with van der Waals surface area (Å²) < 4.78 is 0. The van der Waals surface area contributed by atoms with E-state index in [0.717, 1.165) is 0 Å². The average Bonchev–Trinajstić information content (AvgIpc) is 2.17. The molecule has 14 heavy (non-hydrogen) atoms. The number of aromatic nitrogens is 1. The van der Waals surface area contributed by atoms with E-state index in [9.17, 15) is 9.90 Å². The molecule has 1 atom stereocenters. The normalized spacial score (nSPS) is 12.4. The van der Waals surface area contributed by atoms with Crippen LogP contribution in [0.2, 0.25) is 0 Å². The minimum absolute atomic E-state index is 0.149. The maximum absolute atomic E-state index is 10.5. The van der Waals surface area contributed by atoms with Gasteiger partial charge in [-0.2, -0.15) is 0 Å². The van der Waals surface area contributed by atoms with Gasteiger partial charge >= 0.3 is 5.97 Å². The van der Waals surface area contributed by atoms with Gasteiger partial charge in [0.25, 0.3) is 0 Å². The van der Waals surface area contributed by atoms with Crippen LogP contribution in [0.1, 0.15) is 17.4 Å². The lowest BCUT2D eigenvalue weighted by molar-refractivity contribution is -0.138. The third-order valence-electron chi connectivity index (χ3n) is 1.68. The van der Waals surface area contributed by atoms with E-state index in [1.807, 2.05) is 0 Å². The summed E-state index contributed by atoms with van der Waals surface area (Å²) in [6.45, 7) is -0.334. The zero-order chi connectivity index (χ0) is 10.7. The first kappa shape index (κ1) is 10.4. The second-order valence-corrected chi connectivity index (χ2v) is 2.68. The Morgan fingerprint density at radius 2 is 2.21 bits per heavy atom. The highest BCUT2D eigenvalue weighted by atomic mass is 16.4. The summed E-state index contributed by atoms with van der Waals surface area (Å²) in [5.74, 6) is -1.58. The molecule has 0 amide bonds. The van der Waals surface area contributed by atoms with E-state index in [2.05, 4.69) is 4.98 Å². The fourth-order valence-electron chi connectivity index (χ4n) is 0.944. The Morgan fingerprint density at radius 1 is 1.57 bits per heavy atom. The van der Waals surface area contributed by atoms with E-state index < -0.39 is 12.0 Å². The lowest BCUT2D eigenvalue weighted by Crippen LogP contribution is -2.22. The number of hydrogen-bond acceptors (Lipinski definition) is 5. The summed E-state index contributed by atoms with van der Waals surface area (Å²) >= 11 is 0. The van der Waals surface area contributed by atoms with Gasteiger partial charge in [-0.05, 0) is 12.1 Å². The Hall–Kier alpha value is -1.66. The lowest BCUT2D eigenvalue weighted by atomic mass is 10.1. The highest BCUT2D eigenvalue weighted by molar-refractivity contribution is 5.75. The Morgan fingerprint density at radius 3 is 2.71 bits per heavy atom. The third kappa shape index (κ3) is 1.98. The summed E-state index contributed by atoms with van der Waals surface area (Å²) in [6, 6.07) is 1.24. The van der Waals surface area contributed by atoms with Crippen LogP contribution in [-0.2, 0) is 11.4 Å². The number of carboxylic acids is 1. The number of hydrogen-bond donors (Lipinski definition) is 4. The van der Waals surface area contributed by atoms with E-state index in [-0.39, 0.29) is 23.7 Å². The number of aromatic hydroxyl groups is 1. The first-order valence-electron chi connectivity index (χ1n) is 3.84. The van der Waals surface area contributed by atoms with Gasteiger partial charge in [0.05, 0.1) is 12.3 Å². The van der Waals surface area contributed by atoms with Crippen LogP contribution in [0.5, 0.6) is 5.75 Å². The molecular weight excluding hydrogens is 188 g/mol. The largest absolute Gasteiger partial charge is 0.506 e. The van der Waals surface area contributed by atoms with E-state index in [1.165, 1.54) is 12.1 Å². The van der Waals surface area contributed by atoms with Crippen molar-refractivity contribution in [3.8, 4) is 5.75 Å². The zero-order valence-corrected chi connectivity index (χ0v) is 7.21. The summed E-state index contributed by atoms with van der Waals surface area (Å²) in [5, 5.41) is 26.6. The summed E-state index contributed by atoms with van der Waals surface area (Å²) in [6.07, 6.45) is 0. The highest BCUT2D eigenvalue weighted by Gasteiger charge is 2.19. The van der Waals surface area contributed by atoms with Gasteiger partial charge in [0.15, 0.2) is 0 Å². The number of carbonyl (C=O) groups is 1. The number of rotatable bonds is 3. The van der Waals surface area contributed by atoms with Crippen molar-refractivity contribution in [3.05, 3.63) is 23.5 Å². The van der Waals surface area contributed by atoms with Gasteiger partial charge in [0.1, 0.15) is 17.5 Å². The average molecular weight is 198 g/mol. The number of nitrogens with two attached hydrogens (primary N) is 1. The van der Waals surface area contributed by atoms with Gasteiger partial charge in [0, 0.05) is 0 Å². The monoisotopic (exact) mass is 198 g/mol. The molecule has 1 rings (SSSR count). The van der Waals surface area contributed by atoms with Crippen LogP contribution < -0.4 is 5.73 Å². The third-order valence-corrected chi connectivity index (χ3v) is 1.68. The molecule has 1 aromatic rings. The number of carboxylic acid groups (broad SMARTS) is 1. The lowest BCUT2D eigenvalue weighted by Gasteiger charge is -2.08. The van der Waals surface area contributed by atoms with Gasteiger partial charge in [0.2, 0.25) is 0 Å². The van der Waals surface area contributed by atoms with E-state index in [0.29, 0.717) is 0 Å². The zero-order valence-electron chi connectivity index (χ0n) is 7.21. The molecule has 0 saturated carbocycles. The molecule has 0 saturated heterocycles. The van der Waals surface area contributed by atoms with Gasteiger partial charge < -0.3 is 21.1 Å². The standard InChI is InChI=1S/C8H10N2O4/c9-6(8(13)14)7-5(12)2-1-4(3-11)10-7/h1-2,6,11-12H,3,9H2,(H,13,14)/t6-/m0/s1. The molecule has 0 radical (unpaired) electrons. The number of aliphatic hydroxyl groups excluding tert-OH is 1. The van der Waals surface area contributed by atoms with Crippen molar-refractivity contribution in [2.45, 2.75) is 12.6 Å². The van der Waals surface area contributed by atoms with Crippen molar-refractivity contribution in [1.82, 2.24) is 4.98 Å². The first-order valence-corrected chi connectivity index (χ1v) is 3.84. The molecule has 0 aliphatic heterocycles. The van der Waals surface area contributed by atoms with E-state index >= 15 is 0 Å². The highest BCUT2D eigenvalue weighted by Crippen LogP contribution is 2.20. The van der Waals surface area contributed by atoms with Gasteiger partial charge in [-0.1, -0.05) is 0 Å². The SMILES string of the molecule is N[C@H](C(=O)O)c1nc(CO)ccc1O. The molecule has 0 aliphatic carbocycles. The predicted octanol–water partition coefficient (Wildman–Crippen LogP) is -0.636. The molecule has 0 aliphatic rings. The molecule has 5 N–H and O–H groups in total. The van der Waals surface area contributed by atoms with Crippen molar-refractivity contribution < 1.29 is 20.1 Å². The molecule has 0 aromatic carbocycles. The second-order valence-electron chi connectivity index (χ2n) is 2.68. The summed E-state index contributed by atoms with van der Waals surface area (Å²) in [7, 11) is 0. The predicted molar refractivity (Wildman–Crippen MR) is 46.4 cm³/mol. The molecule has 76 valence electrons. The molecule has 1 aromatic heterocycles.